The molecule has 2 nitrogen and oxygen atoms in total. The number of nitrogens with two attached hydrogens (primary N) is 1. The highest BCUT2D eigenvalue weighted by molar-refractivity contribution is 5.01. The second kappa shape index (κ2) is 6.11. The minimum absolute atomic E-state index is 0.316. The van der Waals surface area contributed by atoms with Gasteiger partial charge in [0.05, 0.1) is 6.33 Å². The van der Waals surface area contributed by atoms with E-state index >= 15 is 0 Å². The molecule has 3 N–H and O–H groups in total. The molecule has 0 aromatic rings. The highest BCUT2D eigenvalue weighted by Crippen LogP contribution is 2.17. The SMILES string of the molecule is NC/C(=C\F)CNC1CCCCC1. The lowest BCUT2D eigenvalue weighted by atomic mass is 9.95. The highest BCUT2D eigenvalue weighted by atomic mass is 19.1. The largest absolute Gasteiger partial charge is 0.327 e. The Bertz CT molecular complexity index is 162. The van der Waals surface area contributed by atoms with Gasteiger partial charge in [0.15, 0.2) is 0 Å². The molecule has 1 aliphatic carbocycles. The van der Waals surface area contributed by atoms with Crippen molar-refractivity contribution in [1.29, 1.82) is 0 Å². The molecule has 0 atom stereocenters. The zero-order valence-corrected chi connectivity index (χ0v) is 8.06. The van der Waals surface area contributed by atoms with Crippen LogP contribution in [0.1, 0.15) is 32.1 Å². The molecule has 3 heteroatoms. The Morgan fingerprint density at radius 2 is 2.08 bits per heavy atom. The van der Waals surface area contributed by atoms with Gasteiger partial charge in [0, 0.05) is 19.1 Å². The van der Waals surface area contributed by atoms with Crippen LogP contribution in [0.2, 0.25) is 0 Å². The molecule has 1 fully saturated rings. The maximum absolute atomic E-state index is 12.1. The number of hydrogen-bond acceptors (Lipinski definition) is 2. The topological polar surface area (TPSA) is 38.0 Å². The molecule has 0 radical (unpaired) electrons. The van der Waals surface area contributed by atoms with Gasteiger partial charge in [-0.25, -0.2) is 4.39 Å². The number of halogens is 1. The summed E-state index contributed by atoms with van der Waals surface area (Å²) in [7, 11) is 0. The van der Waals surface area contributed by atoms with E-state index in [4.69, 9.17) is 5.73 Å². The van der Waals surface area contributed by atoms with E-state index in [0.717, 1.165) is 0 Å². The van der Waals surface area contributed by atoms with Crippen LogP contribution >= 0.6 is 0 Å². The first-order valence-electron chi connectivity index (χ1n) is 5.08. The summed E-state index contributed by atoms with van der Waals surface area (Å²) in [5.41, 5.74) is 6.01. The summed E-state index contributed by atoms with van der Waals surface area (Å²) in [6, 6.07) is 0.579. The third kappa shape index (κ3) is 3.87. The van der Waals surface area contributed by atoms with Crippen LogP contribution in [0, 0.1) is 0 Å². The van der Waals surface area contributed by atoms with Crippen molar-refractivity contribution in [3.63, 3.8) is 0 Å². The van der Waals surface area contributed by atoms with Crippen molar-refractivity contribution < 1.29 is 4.39 Å². The van der Waals surface area contributed by atoms with Crippen molar-refractivity contribution in [2.75, 3.05) is 13.1 Å². The molecule has 0 aliphatic heterocycles. The monoisotopic (exact) mass is 186 g/mol. The number of nitrogens with one attached hydrogen (secondary N) is 1. The van der Waals surface area contributed by atoms with Crippen LogP contribution in [0.4, 0.5) is 4.39 Å². The lowest BCUT2D eigenvalue weighted by Gasteiger charge is -2.23. The van der Waals surface area contributed by atoms with Gasteiger partial charge in [-0.2, -0.15) is 0 Å². The van der Waals surface area contributed by atoms with E-state index in [-0.39, 0.29) is 0 Å². The molecule has 0 spiro atoms. The predicted molar refractivity (Wildman–Crippen MR) is 53.1 cm³/mol. The fourth-order valence-electron chi connectivity index (χ4n) is 1.74. The molecule has 0 saturated heterocycles. The van der Waals surface area contributed by atoms with Crippen LogP contribution in [0.25, 0.3) is 0 Å². The van der Waals surface area contributed by atoms with Gasteiger partial charge < -0.3 is 11.1 Å². The molecule has 1 rings (SSSR count). The van der Waals surface area contributed by atoms with Gasteiger partial charge in [-0.05, 0) is 18.4 Å². The molecular weight excluding hydrogens is 167 g/mol. The van der Waals surface area contributed by atoms with Crippen LogP contribution in [-0.4, -0.2) is 19.1 Å². The molecule has 0 bridgehead atoms. The Kier molecular flexibility index (Phi) is 5.01. The second-order valence-electron chi connectivity index (χ2n) is 3.69. The maximum atomic E-state index is 12.1. The third-order valence-electron chi connectivity index (χ3n) is 2.64. The summed E-state index contributed by atoms with van der Waals surface area (Å²) in [5, 5.41) is 3.34. The smallest absolute Gasteiger partial charge is 0.0884 e. The van der Waals surface area contributed by atoms with E-state index in [9.17, 15) is 4.39 Å². The van der Waals surface area contributed by atoms with Crippen molar-refractivity contribution in [3.8, 4) is 0 Å². The van der Waals surface area contributed by atoms with Crippen molar-refractivity contribution in [1.82, 2.24) is 5.32 Å². The van der Waals surface area contributed by atoms with E-state index < -0.39 is 0 Å². The minimum atomic E-state index is 0.316. The first-order valence-corrected chi connectivity index (χ1v) is 5.08. The Labute approximate surface area is 79.4 Å². The number of rotatable bonds is 4. The van der Waals surface area contributed by atoms with Crippen LogP contribution in [0.15, 0.2) is 11.9 Å². The Balaban J connectivity index is 2.16. The van der Waals surface area contributed by atoms with Crippen LogP contribution in [0.5, 0.6) is 0 Å². The molecule has 0 aromatic carbocycles. The Hall–Kier alpha value is -0.410. The van der Waals surface area contributed by atoms with Crippen molar-refractivity contribution in [2.45, 2.75) is 38.1 Å². The maximum Gasteiger partial charge on any atom is 0.0884 e. The third-order valence-corrected chi connectivity index (χ3v) is 2.64. The van der Waals surface area contributed by atoms with E-state index in [1.165, 1.54) is 32.1 Å². The van der Waals surface area contributed by atoms with Gasteiger partial charge in [-0.3, -0.25) is 0 Å². The van der Waals surface area contributed by atoms with Crippen LogP contribution in [-0.2, 0) is 0 Å². The van der Waals surface area contributed by atoms with Gasteiger partial charge in [-0.1, -0.05) is 19.3 Å². The number of hydrogen-bond donors (Lipinski definition) is 2. The Morgan fingerprint density at radius 1 is 1.38 bits per heavy atom. The minimum Gasteiger partial charge on any atom is -0.327 e. The molecule has 0 amide bonds. The first-order chi connectivity index (χ1) is 6.36. The van der Waals surface area contributed by atoms with Gasteiger partial charge in [0.1, 0.15) is 0 Å². The fourth-order valence-corrected chi connectivity index (χ4v) is 1.74. The molecule has 0 heterocycles. The predicted octanol–water partition coefficient (Wildman–Crippen LogP) is 1.72. The van der Waals surface area contributed by atoms with Crippen molar-refractivity contribution in [3.05, 3.63) is 11.9 Å². The average molecular weight is 186 g/mol. The van der Waals surface area contributed by atoms with Gasteiger partial charge in [0.25, 0.3) is 0 Å². The van der Waals surface area contributed by atoms with Gasteiger partial charge in [0.2, 0.25) is 0 Å². The van der Waals surface area contributed by atoms with E-state index in [0.29, 0.717) is 31.0 Å². The van der Waals surface area contributed by atoms with Crippen LogP contribution < -0.4 is 11.1 Å². The summed E-state index contributed by atoms with van der Waals surface area (Å²) >= 11 is 0. The molecule has 1 saturated carbocycles. The summed E-state index contributed by atoms with van der Waals surface area (Å²) in [6.45, 7) is 0.924. The van der Waals surface area contributed by atoms with E-state index in [2.05, 4.69) is 5.32 Å². The van der Waals surface area contributed by atoms with Crippen LogP contribution in [0.3, 0.4) is 0 Å². The van der Waals surface area contributed by atoms with E-state index in [1.54, 1.807) is 0 Å². The molecular formula is C10H19FN2. The summed E-state index contributed by atoms with van der Waals surface area (Å²) in [5.74, 6) is 0. The Morgan fingerprint density at radius 3 is 2.62 bits per heavy atom. The highest BCUT2D eigenvalue weighted by Gasteiger charge is 2.12. The molecule has 13 heavy (non-hydrogen) atoms. The molecule has 1 aliphatic rings. The van der Waals surface area contributed by atoms with Gasteiger partial charge in [-0.15, -0.1) is 0 Å². The quantitative estimate of drug-likeness (QED) is 0.701. The zero-order valence-electron chi connectivity index (χ0n) is 8.06. The summed E-state index contributed by atoms with van der Waals surface area (Å²) < 4.78 is 12.1. The van der Waals surface area contributed by atoms with Gasteiger partial charge >= 0.3 is 0 Å². The summed E-state index contributed by atoms with van der Waals surface area (Å²) in [6.07, 6.45) is 7.02. The van der Waals surface area contributed by atoms with Crippen molar-refractivity contribution in [2.24, 2.45) is 5.73 Å². The fraction of sp³-hybridized carbons (Fsp3) is 0.800. The van der Waals surface area contributed by atoms with E-state index in [1.807, 2.05) is 0 Å². The second-order valence-corrected chi connectivity index (χ2v) is 3.69. The average Bonchev–Trinajstić information content (AvgIpc) is 2.21. The lowest BCUT2D eigenvalue weighted by molar-refractivity contribution is 0.381. The lowest BCUT2D eigenvalue weighted by Crippen LogP contribution is -2.33. The molecule has 76 valence electrons. The molecule has 0 unspecified atom stereocenters. The first kappa shape index (κ1) is 10.7. The summed E-state index contributed by atoms with van der Waals surface area (Å²) in [4.78, 5) is 0. The zero-order chi connectivity index (χ0) is 9.52. The van der Waals surface area contributed by atoms with Crippen molar-refractivity contribution >= 4 is 0 Å². The normalized spacial score (nSPS) is 20.6. The standard InChI is InChI=1S/C10H19FN2/c11-6-9(7-12)8-13-10-4-2-1-3-5-10/h6,10,13H,1-5,7-8,12H2/b9-6+. The molecule has 0 aromatic heterocycles.